The van der Waals surface area contributed by atoms with E-state index in [0.29, 0.717) is 61.3 Å². The normalized spacial score (nSPS) is 14.4. The fourth-order valence-electron chi connectivity index (χ4n) is 3.37. The Hall–Kier alpha value is -3.43. The molecule has 10 heteroatoms. The molecule has 9 nitrogen and oxygen atoms in total. The molecular weight excluding hydrogens is 377 g/mol. The molecule has 1 aromatic carbocycles. The van der Waals surface area contributed by atoms with Crippen LogP contribution in [0.3, 0.4) is 0 Å². The molecule has 1 saturated heterocycles. The van der Waals surface area contributed by atoms with Crippen molar-refractivity contribution >= 4 is 28.9 Å². The Kier molecular flexibility index (Phi) is 4.91. The smallest absolute Gasteiger partial charge is 0.409 e. The molecule has 1 aliphatic heterocycles. The van der Waals surface area contributed by atoms with Crippen LogP contribution in [0, 0.1) is 5.82 Å². The largest absolute Gasteiger partial charge is 0.450 e. The molecule has 0 saturated carbocycles. The molecule has 0 spiro atoms. The van der Waals surface area contributed by atoms with Crippen LogP contribution in [0.25, 0.3) is 22.3 Å². The Morgan fingerprint density at radius 2 is 1.86 bits per heavy atom. The number of benzene rings is 1. The number of nitrogen functional groups attached to an aromatic ring is 1. The zero-order valence-corrected chi connectivity index (χ0v) is 16.3. The average molecular weight is 399 g/mol. The van der Waals surface area contributed by atoms with Crippen molar-refractivity contribution in [2.75, 3.05) is 43.4 Å². The predicted octanol–water partition coefficient (Wildman–Crippen LogP) is 2.03. The van der Waals surface area contributed by atoms with Crippen LogP contribution in [-0.4, -0.2) is 63.5 Å². The average Bonchev–Trinajstić information content (AvgIpc) is 3.02. The maximum absolute atomic E-state index is 13.4. The van der Waals surface area contributed by atoms with Gasteiger partial charge in [-0.2, -0.15) is 10.1 Å². The highest BCUT2D eigenvalue weighted by Gasteiger charge is 2.25. The minimum Gasteiger partial charge on any atom is -0.450 e. The molecular formula is C19H22FN7O2. The van der Waals surface area contributed by atoms with E-state index in [9.17, 15) is 9.18 Å². The Bertz CT molecular complexity index is 1040. The highest BCUT2D eigenvalue weighted by Crippen LogP contribution is 2.32. The lowest BCUT2D eigenvalue weighted by Gasteiger charge is -2.34. The van der Waals surface area contributed by atoms with Crippen molar-refractivity contribution in [3.05, 3.63) is 30.1 Å². The summed E-state index contributed by atoms with van der Waals surface area (Å²) in [6.45, 7) is 4.28. The topological polar surface area (TPSA) is 102 Å². The Morgan fingerprint density at radius 3 is 2.52 bits per heavy atom. The summed E-state index contributed by atoms with van der Waals surface area (Å²) in [6, 6.07) is 6.08. The number of aryl methyl sites for hydroxylation is 1. The number of aromatic nitrogens is 4. The minimum atomic E-state index is -0.325. The van der Waals surface area contributed by atoms with E-state index < -0.39 is 0 Å². The quantitative estimate of drug-likeness (QED) is 0.719. The van der Waals surface area contributed by atoms with E-state index in [1.165, 1.54) is 12.1 Å². The number of nitrogens with zero attached hydrogens (tertiary/aromatic N) is 6. The first-order valence-electron chi connectivity index (χ1n) is 9.40. The van der Waals surface area contributed by atoms with Crippen LogP contribution in [0.5, 0.6) is 0 Å². The molecule has 2 aromatic heterocycles. The third kappa shape index (κ3) is 3.53. The van der Waals surface area contributed by atoms with Crippen LogP contribution >= 0.6 is 0 Å². The molecule has 1 amide bonds. The molecule has 3 heterocycles. The van der Waals surface area contributed by atoms with Crippen LogP contribution in [0.1, 0.15) is 6.92 Å². The summed E-state index contributed by atoms with van der Waals surface area (Å²) in [6.07, 6.45) is -0.312. The summed E-state index contributed by atoms with van der Waals surface area (Å²) < 4.78 is 20.0. The van der Waals surface area contributed by atoms with Gasteiger partial charge in [-0.3, -0.25) is 4.68 Å². The number of anilines is 2. The van der Waals surface area contributed by atoms with E-state index in [0.717, 1.165) is 5.56 Å². The molecule has 0 atom stereocenters. The molecule has 0 aliphatic carbocycles. The maximum atomic E-state index is 13.4. The molecule has 1 aliphatic rings. The van der Waals surface area contributed by atoms with Crippen molar-refractivity contribution < 1.29 is 13.9 Å². The highest BCUT2D eigenvalue weighted by atomic mass is 19.1. The van der Waals surface area contributed by atoms with Gasteiger partial charge in [0.25, 0.3) is 0 Å². The van der Waals surface area contributed by atoms with Gasteiger partial charge < -0.3 is 20.3 Å². The van der Waals surface area contributed by atoms with E-state index in [1.54, 1.807) is 35.7 Å². The van der Waals surface area contributed by atoms with Crippen LogP contribution in [0.15, 0.2) is 24.3 Å². The van der Waals surface area contributed by atoms with Crippen LogP contribution in [-0.2, 0) is 11.8 Å². The maximum Gasteiger partial charge on any atom is 0.409 e. The molecule has 152 valence electrons. The van der Waals surface area contributed by atoms with E-state index >= 15 is 0 Å². The van der Waals surface area contributed by atoms with Crippen LogP contribution in [0.4, 0.5) is 21.0 Å². The van der Waals surface area contributed by atoms with Crippen molar-refractivity contribution in [2.24, 2.45) is 7.05 Å². The lowest BCUT2D eigenvalue weighted by Crippen LogP contribution is -2.49. The molecule has 4 rings (SSSR count). The zero-order valence-electron chi connectivity index (χ0n) is 16.3. The number of carbonyl (C=O) groups excluding carboxylic acids is 1. The Balaban J connectivity index is 1.69. The fourth-order valence-corrected chi connectivity index (χ4v) is 3.37. The highest BCUT2D eigenvalue weighted by molar-refractivity contribution is 5.98. The van der Waals surface area contributed by atoms with E-state index in [1.807, 2.05) is 4.90 Å². The van der Waals surface area contributed by atoms with Gasteiger partial charge in [0.1, 0.15) is 11.6 Å². The van der Waals surface area contributed by atoms with Crippen molar-refractivity contribution in [1.82, 2.24) is 24.6 Å². The van der Waals surface area contributed by atoms with Gasteiger partial charge in [-0.25, -0.2) is 14.2 Å². The second-order valence-corrected chi connectivity index (χ2v) is 6.76. The number of fused-ring (bicyclic) bond motifs is 1. The van der Waals surface area contributed by atoms with Gasteiger partial charge >= 0.3 is 6.09 Å². The fraction of sp³-hybridized carbons (Fsp3) is 0.368. The van der Waals surface area contributed by atoms with Gasteiger partial charge in [-0.05, 0) is 31.2 Å². The van der Waals surface area contributed by atoms with Gasteiger partial charge in [0.2, 0.25) is 5.95 Å². The number of amides is 1. The van der Waals surface area contributed by atoms with Gasteiger partial charge in [0, 0.05) is 38.8 Å². The van der Waals surface area contributed by atoms with E-state index in [2.05, 4.69) is 10.1 Å². The second-order valence-electron chi connectivity index (χ2n) is 6.76. The minimum absolute atomic E-state index is 0.312. The van der Waals surface area contributed by atoms with Gasteiger partial charge in [-0.1, -0.05) is 0 Å². The Morgan fingerprint density at radius 1 is 1.17 bits per heavy atom. The molecule has 0 unspecified atom stereocenters. The summed E-state index contributed by atoms with van der Waals surface area (Å²) >= 11 is 0. The SMILES string of the molecule is CCOC(=O)N1CCN(c2nc(-c3ccc(F)cc3)c3c(N)n(C)nc3n2)CC1. The predicted molar refractivity (Wildman–Crippen MR) is 107 cm³/mol. The first-order chi connectivity index (χ1) is 14.0. The van der Waals surface area contributed by atoms with Crippen molar-refractivity contribution in [3.8, 4) is 11.3 Å². The van der Waals surface area contributed by atoms with Crippen LogP contribution < -0.4 is 10.6 Å². The number of rotatable bonds is 3. The molecule has 29 heavy (non-hydrogen) atoms. The Labute approximate surface area is 166 Å². The molecule has 0 radical (unpaired) electrons. The molecule has 2 N–H and O–H groups in total. The zero-order chi connectivity index (χ0) is 20.5. The number of halogens is 1. The number of piperazine rings is 1. The molecule has 1 fully saturated rings. The van der Waals surface area contributed by atoms with Gasteiger partial charge in [-0.15, -0.1) is 0 Å². The summed E-state index contributed by atoms with van der Waals surface area (Å²) in [7, 11) is 1.74. The number of nitrogens with two attached hydrogens (primary N) is 1. The number of ether oxygens (including phenoxy) is 1. The first kappa shape index (κ1) is 18.9. The second kappa shape index (κ2) is 7.53. The summed E-state index contributed by atoms with van der Waals surface area (Å²) in [5.41, 5.74) is 7.99. The van der Waals surface area contributed by atoms with E-state index in [-0.39, 0.29) is 11.9 Å². The third-order valence-corrected chi connectivity index (χ3v) is 4.93. The first-order valence-corrected chi connectivity index (χ1v) is 9.40. The molecule has 0 bridgehead atoms. The van der Waals surface area contributed by atoms with Crippen molar-refractivity contribution in [1.29, 1.82) is 0 Å². The number of hydrogen-bond acceptors (Lipinski definition) is 7. The standard InChI is InChI=1S/C19H22FN7O2/c1-3-29-19(28)27-10-8-26(9-11-27)18-22-15(12-4-6-13(20)7-5-12)14-16(21)25(2)24-17(14)23-18/h4-7H,3,8-11,21H2,1-2H3. The summed E-state index contributed by atoms with van der Waals surface area (Å²) in [5.74, 6) is 0.616. The number of carbonyl (C=O) groups is 1. The van der Waals surface area contributed by atoms with Gasteiger partial charge in [0.15, 0.2) is 5.65 Å². The van der Waals surface area contributed by atoms with E-state index in [4.69, 9.17) is 15.5 Å². The lowest BCUT2D eigenvalue weighted by molar-refractivity contribution is 0.105. The van der Waals surface area contributed by atoms with Gasteiger partial charge in [0.05, 0.1) is 17.7 Å². The summed E-state index contributed by atoms with van der Waals surface area (Å²) in [4.78, 5) is 24.9. The lowest BCUT2D eigenvalue weighted by atomic mass is 10.1. The summed E-state index contributed by atoms with van der Waals surface area (Å²) in [5, 5.41) is 5.03. The van der Waals surface area contributed by atoms with Crippen molar-refractivity contribution in [2.45, 2.75) is 6.92 Å². The molecule has 3 aromatic rings. The third-order valence-electron chi connectivity index (χ3n) is 4.93. The van der Waals surface area contributed by atoms with Crippen molar-refractivity contribution in [3.63, 3.8) is 0 Å². The van der Waals surface area contributed by atoms with Crippen LogP contribution in [0.2, 0.25) is 0 Å². The number of hydrogen-bond donors (Lipinski definition) is 1. The monoisotopic (exact) mass is 399 g/mol.